The summed E-state index contributed by atoms with van der Waals surface area (Å²) in [4.78, 5) is 32.4. The molecule has 0 bridgehead atoms. The van der Waals surface area contributed by atoms with Crippen molar-refractivity contribution >= 4 is 11.8 Å². The van der Waals surface area contributed by atoms with E-state index >= 15 is 0 Å². The molecule has 0 spiro atoms. The highest BCUT2D eigenvalue weighted by molar-refractivity contribution is 5.86. The van der Waals surface area contributed by atoms with Crippen LogP contribution in [0.4, 0.5) is 0 Å². The Morgan fingerprint density at radius 1 is 1.09 bits per heavy atom. The van der Waals surface area contributed by atoms with Crippen molar-refractivity contribution in [3.63, 3.8) is 0 Å². The fraction of sp³-hybridized carbons (Fsp3) is 0.348. The molecule has 0 fully saturated rings. The van der Waals surface area contributed by atoms with Gasteiger partial charge in [-0.2, -0.15) is 4.98 Å². The van der Waals surface area contributed by atoms with Gasteiger partial charge in [0.15, 0.2) is 5.82 Å². The van der Waals surface area contributed by atoms with E-state index < -0.39 is 0 Å². The third-order valence-corrected chi connectivity index (χ3v) is 5.19. The van der Waals surface area contributed by atoms with Crippen molar-refractivity contribution in [2.45, 2.75) is 32.1 Å². The summed E-state index contributed by atoms with van der Waals surface area (Å²) in [5.74, 6) is 0.995. The monoisotopic (exact) mass is 447 g/mol. The number of fused-ring (bicyclic) bond motifs is 1. The zero-order valence-corrected chi connectivity index (χ0v) is 18.1. The van der Waals surface area contributed by atoms with Gasteiger partial charge in [0.2, 0.25) is 17.6 Å². The van der Waals surface area contributed by atoms with Gasteiger partial charge in [-0.25, -0.2) is 0 Å². The second-order valence-electron chi connectivity index (χ2n) is 7.63. The lowest BCUT2D eigenvalue weighted by Crippen LogP contribution is -2.26. The molecule has 0 saturated carbocycles. The van der Waals surface area contributed by atoms with Gasteiger partial charge in [0, 0.05) is 37.7 Å². The maximum Gasteiger partial charge on any atom is 0.276 e. The van der Waals surface area contributed by atoms with Gasteiger partial charge in [0.25, 0.3) is 5.91 Å². The van der Waals surface area contributed by atoms with Crippen LogP contribution in [0.3, 0.4) is 0 Å². The molecule has 0 saturated heterocycles. The van der Waals surface area contributed by atoms with Gasteiger partial charge >= 0.3 is 0 Å². The van der Waals surface area contributed by atoms with Crippen LogP contribution in [0.5, 0.6) is 0 Å². The first kappa shape index (κ1) is 22.3. The minimum Gasteiger partial charge on any atom is -0.368 e. The second-order valence-corrected chi connectivity index (χ2v) is 7.63. The zero-order chi connectivity index (χ0) is 22.9. The number of nitrogens with one attached hydrogen (secondary N) is 2. The third kappa shape index (κ3) is 6.06. The molecule has 1 unspecified atom stereocenters. The molecule has 3 heterocycles. The van der Waals surface area contributed by atoms with Gasteiger partial charge in [-0.3, -0.25) is 14.6 Å². The molecule has 2 aromatic rings. The highest BCUT2D eigenvalue weighted by atomic mass is 16.5. The zero-order valence-electron chi connectivity index (χ0n) is 18.1. The maximum atomic E-state index is 12.0. The molecule has 2 amide bonds. The number of aryl methyl sites for hydroxylation is 1. The molecule has 1 atom stereocenters. The van der Waals surface area contributed by atoms with Gasteiger partial charge in [-0.15, -0.1) is 10.2 Å². The summed E-state index contributed by atoms with van der Waals surface area (Å²) in [5.41, 5.74) is 1.50. The quantitative estimate of drug-likeness (QED) is 0.506. The molecule has 10 heteroatoms. The average Bonchev–Trinajstić information content (AvgIpc) is 3.32. The fourth-order valence-electron chi connectivity index (χ4n) is 3.47. The van der Waals surface area contributed by atoms with Gasteiger partial charge in [-0.05, 0) is 31.4 Å². The Labute approximate surface area is 191 Å². The highest BCUT2D eigenvalue weighted by Gasteiger charge is 2.26. The van der Waals surface area contributed by atoms with Crippen LogP contribution in [0, 0.1) is 5.92 Å². The SMILES string of the molecule is O=C(CCCc1nc(-c2ccccn2)no1)NCCCCNC1=C2C=CC=CC2C(=O)N=N1. The molecule has 10 nitrogen and oxygen atoms in total. The van der Waals surface area contributed by atoms with E-state index in [0.29, 0.717) is 55.6 Å². The summed E-state index contributed by atoms with van der Waals surface area (Å²) in [7, 11) is 0. The third-order valence-electron chi connectivity index (χ3n) is 5.19. The number of pyridine rings is 1. The molecular weight excluding hydrogens is 422 g/mol. The Morgan fingerprint density at radius 2 is 2.00 bits per heavy atom. The number of hydrogen-bond acceptors (Lipinski definition) is 8. The van der Waals surface area contributed by atoms with Gasteiger partial charge < -0.3 is 15.2 Å². The van der Waals surface area contributed by atoms with Crippen molar-refractivity contribution in [1.29, 1.82) is 0 Å². The molecule has 170 valence electrons. The Balaban J connectivity index is 1.09. The van der Waals surface area contributed by atoms with Gasteiger partial charge in [0.05, 0.1) is 5.92 Å². The van der Waals surface area contributed by atoms with E-state index in [0.717, 1.165) is 18.4 Å². The van der Waals surface area contributed by atoms with Crippen LogP contribution in [0.15, 0.2) is 74.8 Å². The minimum absolute atomic E-state index is 0.00100. The Kier molecular flexibility index (Phi) is 7.47. The highest BCUT2D eigenvalue weighted by Crippen LogP contribution is 2.27. The van der Waals surface area contributed by atoms with Crippen LogP contribution in [-0.2, 0) is 16.0 Å². The van der Waals surface area contributed by atoms with E-state index in [1.165, 1.54) is 0 Å². The van der Waals surface area contributed by atoms with E-state index in [9.17, 15) is 9.59 Å². The van der Waals surface area contributed by atoms with Gasteiger partial charge in [-0.1, -0.05) is 35.5 Å². The minimum atomic E-state index is -0.344. The number of carbonyl (C=O) groups excluding carboxylic acids is 2. The summed E-state index contributed by atoms with van der Waals surface area (Å²) in [6.45, 7) is 1.28. The Bertz CT molecular complexity index is 1100. The second kappa shape index (κ2) is 11.1. The van der Waals surface area contributed by atoms with Crippen LogP contribution in [0.1, 0.15) is 31.6 Å². The van der Waals surface area contributed by atoms with Crippen LogP contribution < -0.4 is 10.6 Å². The van der Waals surface area contributed by atoms with E-state index in [-0.39, 0.29) is 17.7 Å². The Morgan fingerprint density at radius 3 is 2.88 bits per heavy atom. The summed E-state index contributed by atoms with van der Waals surface area (Å²) >= 11 is 0. The first-order chi connectivity index (χ1) is 16.2. The van der Waals surface area contributed by atoms with E-state index in [1.54, 1.807) is 6.20 Å². The summed E-state index contributed by atoms with van der Waals surface area (Å²) in [5, 5.41) is 17.8. The van der Waals surface area contributed by atoms with Crippen molar-refractivity contribution in [3.8, 4) is 11.5 Å². The number of nitrogens with zero attached hydrogens (tertiary/aromatic N) is 5. The van der Waals surface area contributed by atoms with Crippen molar-refractivity contribution in [1.82, 2.24) is 25.8 Å². The molecule has 4 rings (SSSR count). The lowest BCUT2D eigenvalue weighted by Gasteiger charge is -2.20. The molecule has 0 aromatic carbocycles. The lowest BCUT2D eigenvalue weighted by atomic mass is 9.93. The number of unbranched alkanes of at least 4 members (excludes halogenated alkanes) is 1. The topological polar surface area (TPSA) is 135 Å². The standard InChI is InChI=1S/C23H25N7O3/c31-19(11-7-12-20-27-22(30-33-20)18-10-3-4-13-24-18)25-14-5-6-15-26-21-16-8-1-2-9-17(16)23(32)29-28-21/h1-4,8-10,13,17,26H,5-7,11-12,14-15H2,(H,25,31). The van der Waals surface area contributed by atoms with Crippen molar-refractivity contribution in [3.05, 3.63) is 66.0 Å². The van der Waals surface area contributed by atoms with E-state index in [4.69, 9.17) is 4.52 Å². The van der Waals surface area contributed by atoms with E-state index in [1.807, 2.05) is 42.5 Å². The number of hydrogen-bond donors (Lipinski definition) is 2. The number of azo groups is 1. The first-order valence-corrected chi connectivity index (χ1v) is 11.0. The lowest BCUT2D eigenvalue weighted by molar-refractivity contribution is -0.121. The summed E-state index contributed by atoms with van der Waals surface area (Å²) < 4.78 is 5.23. The fourth-order valence-corrected chi connectivity index (χ4v) is 3.47. The number of carbonyl (C=O) groups is 2. The number of amides is 2. The van der Waals surface area contributed by atoms with E-state index in [2.05, 4.69) is 36.0 Å². The molecule has 1 aliphatic carbocycles. The van der Waals surface area contributed by atoms with Crippen LogP contribution >= 0.6 is 0 Å². The Hall–Kier alpha value is -3.95. The normalized spacial score (nSPS) is 16.7. The number of allylic oxidation sites excluding steroid dienone is 3. The summed E-state index contributed by atoms with van der Waals surface area (Å²) in [6, 6.07) is 5.50. The van der Waals surface area contributed by atoms with Gasteiger partial charge in [0.1, 0.15) is 5.69 Å². The molecule has 1 aliphatic heterocycles. The predicted octanol–water partition coefficient (Wildman–Crippen LogP) is 2.89. The smallest absolute Gasteiger partial charge is 0.276 e. The van der Waals surface area contributed by atoms with Crippen molar-refractivity contribution < 1.29 is 14.1 Å². The predicted molar refractivity (Wildman–Crippen MR) is 119 cm³/mol. The first-order valence-electron chi connectivity index (χ1n) is 11.0. The molecule has 2 aromatic heterocycles. The van der Waals surface area contributed by atoms with Crippen LogP contribution in [-0.4, -0.2) is 40.0 Å². The average molecular weight is 447 g/mol. The number of rotatable bonds is 11. The summed E-state index contributed by atoms with van der Waals surface area (Å²) in [6.07, 6.45) is 12.3. The molecule has 33 heavy (non-hydrogen) atoms. The molecule has 2 aliphatic rings. The molecule has 0 radical (unpaired) electrons. The van der Waals surface area contributed by atoms with Crippen molar-refractivity contribution in [2.75, 3.05) is 13.1 Å². The molecular formula is C23H25N7O3. The van der Waals surface area contributed by atoms with Crippen LogP contribution in [0.25, 0.3) is 11.5 Å². The number of aromatic nitrogens is 3. The largest absolute Gasteiger partial charge is 0.368 e. The van der Waals surface area contributed by atoms with Crippen molar-refractivity contribution in [2.24, 2.45) is 16.1 Å². The van der Waals surface area contributed by atoms with Crippen LogP contribution in [0.2, 0.25) is 0 Å². The maximum absolute atomic E-state index is 12.0. The molecule has 2 N–H and O–H groups in total.